The average Bonchev–Trinajstić information content (AvgIpc) is 2.59. The summed E-state index contributed by atoms with van der Waals surface area (Å²) in [5.41, 5.74) is 0.587. The summed E-state index contributed by atoms with van der Waals surface area (Å²) in [5.74, 6) is -0.845. The highest BCUT2D eigenvalue weighted by atomic mass is 35.5. The number of benzene rings is 1. The number of phenolic OH excluding ortho intramolecular Hbond substituents is 1. The second-order valence-electron chi connectivity index (χ2n) is 5.16. The van der Waals surface area contributed by atoms with Gasteiger partial charge in [0.15, 0.2) is 5.75 Å². The molecule has 0 spiro atoms. The number of hydrogen-bond acceptors (Lipinski definition) is 3. The molecule has 1 aliphatic carbocycles. The van der Waals surface area contributed by atoms with Crippen molar-refractivity contribution in [3.8, 4) is 5.75 Å². The van der Waals surface area contributed by atoms with Gasteiger partial charge in [-0.15, -0.1) is 0 Å². The van der Waals surface area contributed by atoms with Crippen LogP contribution in [0.15, 0.2) is 60.1 Å². The molecule has 1 aliphatic heterocycles. The zero-order valence-corrected chi connectivity index (χ0v) is 13.8. The van der Waals surface area contributed by atoms with Crippen LogP contribution in [0.5, 0.6) is 5.75 Å². The van der Waals surface area contributed by atoms with E-state index in [1.807, 2.05) is 0 Å². The maximum atomic E-state index is 13.9. The Morgan fingerprint density at radius 2 is 2.00 bits per heavy atom. The third kappa shape index (κ3) is 3.18. The molecule has 2 aliphatic rings. The summed E-state index contributed by atoms with van der Waals surface area (Å²) in [6.45, 7) is 0. The number of carbonyl (C=O) groups is 1. The first-order valence-electron chi connectivity index (χ1n) is 7.09. The summed E-state index contributed by atoms with van der Waals surface area (Å²) in [6, 6.07) is 2.62. The monoisotopic (exact) mass is 367 g/mol. The van der Waals surface area contributed by atoms with Gasteiger partial charge in [0.1, 0.15) is 17.8 Å². The van der Waals surface area contributed by atoms with E-state index in [1.54, 1.807) is 6.08 Å². The molecule has 1 aromatic rings. The van der Waals surface area contributed by atoms with Gasteiger partial charge in [0.05, 0.1) is 16.2 Å². The molecule has 0 fully saturated rings. The Balaban J connectivity index is 1.92. The van der Waals surface area contributed by atoms with Crippen LogP contribution in [0.1, 0.15) is 23.2 Å². The van der Waals surface area contributed by atoms with Crippen molar-refractivity contribution in [1.29, 1.82) is 0 Å². The van der Waals surface area contributed by atoms with Crippen LogP contribution < -0.4 is 0 Å². The van der Waals surface area contributed by atoms with Crippen LogP contribution in [0.2, 0.25) is 10.0 Å². The predicted octanol–water partition coefficient (Wildman–Crippen LogP) is 5.06. The van der Waals surface area contributed by atoms with Crippen LogP contribution in [0.25, 0.3) is 0 Å². The van der Waals surface area contributed by atoms with Gasteiger partial charge >= 0.3 is 0 Å². The molecule has 3 rings (SSSR count). The minimum absolute atomic E-state index is 0.0292. The number of aromatic hydroxyl groups is 1. The Hall–Kier alpha value is -2.24. The third-order valence-electron chi connectivity index (χ3n) is 3.58. The predicted molar refractivity (Wildman–Crippen MR) is 89.1 cm³/mol. The summed E-state index contributed by atoms with van der Waals surface area (Å²) in [7, 11) is 0. The lowest BCUT2D eigenvalue weighted by atomic mass is 10.0. The van der Waals surface area contributed by atoms with E-state index in [0.717, 1.165) is 0 Å². The van der Waals surface area contributed by atoms with E-state index in [2.05, 4.69) is 0 Å². The largest absolute Gasteiger partial charge is 0.505 e. The van der Waals surface area contributed by atoms with Crippen molar-refractivity contribution in [3.05, 3.63) is 75.7 Å². The van der Waals surface area contributed by atoms with Crippen molar-refractivity contribution < 1.29 is 19.0 Å². The van der Waals surface area contributed by atoms with Gasteiger partial charge in [0.2, 0.25) is 0 Å². The van der Waals surface area contributed by atoms with Crippen LogP contribution in [-0.2, 0) is 4.74 Å². The lowest BCUT2D eigenvalue weighted by Gasteiger charge is -2.22. The Labute approximate surface area is 147 Å². The summed E-state index contributed by atoms with van der Waals surface area (Å²) >= 11 is 11.7. The van der Waals surface area contributed by atoms with Gasteiger partial charge in [-0.25, -0.2) is 4.39 Å². The van der Waals surface area contributed by atoms with Gasteiger partial charge in [-0.05, 0) is 31.1 Å². The molecule has 4 nitrogen and oxygen atoms in total. The van der Waals surface area contributed by atoms with Gasteiger partial charge in [-0.2, -0.15) is 0 Å². The highest BCUT2D eigenvalue weighted by Gasteiger charge is 2.22. The topological polar surface area (TPSA) is 49.8 Å². The van der Waals surface area contributed by atoms with Gasteiger partial charge in [0.25, 0.3) is 5.91 Å². The highest BCUT2D eigenvalue weighted by molar-refractivity contribution is 6.37. The molecule has 1 N–H and O–H groups in total. The Morgan fingerprint density at radius 3 is 2.67 bits per heavy atom. The molecule has 0 radical (unpaired) electrons. The van der Waals surface area contributed by atoms with Crippen LogP contribution >= 0.6 is 23.2 Å². The minimum Gasteiger partial charge on any atom is -0.505 e. The summed E-state index contributed by atoms with van der Waals surface area (Å²) < 4.78 is 19.2. The molecular formula is C17H12Cl2FNO3. The zero-order valence-electron chi connectivity index (χ0n) is 12.3. The molecule has 1 heterocycles. The normalized spacial score (nSPS) is 17.0. The molecule has 0 aromatic heterocycles. The van der Waals surface area contributed by atoms with Gasteiger partial charge in [-0.1, -0.05) is 29.3 Å². The number of phenols is 1. The van der Waals surface area contributed by atoms with Crippen molar-refractivity contribution in [1.82, 2.24) is 4.90 Å². The maximum absolute atomic E-state index is 13.9. The van der Waals surface area contributed by atoms with Crippen LogP contribution in [0.4, 0.5) is 4.39 Å². The zero-order chi connectivity index (χ0) is 17.3. The number of allylic oxidation sites excluding steroid dienone is 4. The smallest absolute Gasteiger partial charge is 0.262 e. The molecule has 124 valence electrons. The van der Waals surface area contributed by atoms with Crippen LogP contribution in [0.3, 0.4) is 0 Å². The summed E-state index contributed by atoms with van der Waals surface area (Å²) in [6.07, 6.45) is 8.41. The van der Waals surface area contributed by atoms with Crippen molar-refractivity contribution in [2.45, 2.75) is 12.8 Å². The molecule has 0 atom stereocenters. The second kappa shape index (κ2) is 6.71. The van der Waals surface area contributed by atoms with Crippen molar-refractivity contribution in [2.75, 3.05) is 0 Å². The molecule has 0 saturated heterocycles. The van der Waals surface area contributed by atoms with E-state index >= 15 is 0 Å². The molecule has 0 bridgehead atoms. The lowest BCUT2D eigenvalue weighted by Crippen LogP contribution is -2.23. The average molecular weight is 368 g/mol. The minimum atomic E-state index is -0.441. The van der Waals surface area contributed by atoms with Crippen molar-refractivity contribution in [2.24, 2.45) is 0 Å². The van der Waals surface area contributed by atoms with E-state index in [-0.39, 0.29) is 32.9 Å². The van der Waals surface area contributed by atoms with Gasteiger partial charge < -0.3 is 9.84 Å². The number of nitrogens with zero attached hydrogens (tertiary/aromatic N) is 1. The molecule has 0 saturated carbocycles. The maximum Gasteiger partial charge on any atom is 0.262 e. The third-order valence-corrected chi connectivity index (χ3v) is 4.16. The van der Waals surface area contributed by atoms with Gasteiger partial charge in [-0.3, -0.25) is 9.69 Å². The highest BCUT2D eigenvalue weighted by Crippen LogP contribution is 2.34. The Morgan fingerprint density at radius 1 is 1.29 bits per heavy atom. The van der Waals surface area contributed by atoms with Crippen molar-refractivity contribution in [3.63, 3.8) is 0 Å². The number of hydrogen-bond donors (Lipinski definition) is 1. The fourth-order valence-electron chi connectivity index (χ4n) is 2.36. The fourth-order valence-corrected chi connectivity index (χ4v) is 2.84. The number of rotatable bonds is 2. The second-order valence-corrected chi connectivity index (χ2v) is 5.98. The molecule has 7 heteroatoms. The molecular weight excluding hydrogens is 356 g/mol. The number of amides is 1. The quantitative estimate of drug-likeness (QED) is 0.794. The van der Waals surface area contributed by atoms with E-state index in [1.165, 1.54) is 41.8 Å². The van der Waals surface area contributed by atoms with Gasteiger partial charge in [0, 0.05) is 17.3 Å². The standard InChI is InChI=1S/C17H12Cl2FNO3/c18-12-7-10(8-13(19)16(12)22)17(23)21-5-6-24-15(9-21)11-3-1-2-4-14(11)20/h2,4-9,22H,1,3H2. The first-order chi connectivity index (χ1) is 11.5. The van der Waals surface area contributed by atoms with E-state index in [9.17, 15) is 14.3 Å². The Kier molecular flexibility index (Phi) is 4.64. The lowest BCUT2D eigenvalue weighted by molar-refractivity contribution is 0.0855. The van der Waals surface area contributed by atoms with E-state index in [0.29, 0.717) is 18.4 Å². The Bertz CT molecular complexity index is 804. The first-order valence-corrected chi connectivity index (χ1v) is 7.84. The molecule has 1 amide bonds. The number of halogens is 3. The molecule has 24 heavy (non-hydrogen) atoms. The van der Waals surface area contributed by atoms with E-state index < -0.39 is 5.91 Å². The molecule has 0 unspecified atom stereocenters. The fraction of sp³-hybridized carbons (Fsp3) is 0.118. The first kappa shape index (κ1) is 16.6. The number of carbonyl (C=O) groups excluding carboxylic acids is 1. The SMILES string of the molecule is O=C(c1cc(Cl)c(O)c(Cl)c1)N1C=COC(C2=C(F)C=CCC2)=C1. The molecule has 1 aromatic carbocycles. The van der Waals surface area contributed by atoms with Crippen LogP contribution in [0, 0.1) is 0 Å². The van der Waals surface area contributed by atoms with Crippen molar-refractivity contribution >= 4 is 29.1 Å². The van der Waals surface area contributed by atoms with E-state index in [4.69, 9.17) is 27.9 Å². The number of ether oxygens (including phenoxy) is 1. The summed E-state index contributed by atoms with van der Waals surface area (Å²) in [5, 5.41) is 9.52. The van der Waals surface area contributed by atoms with Crippen LogP contribution in [-0.4, -0.2) is 15.9 Å². The summed E-state index contributed by atoms with van der Waals surface area (Å²) in [4.78, 5) is 13.8.